The molecule has 0 aliphatic carbocycles. The van der Waals surface area contributed by atoms with Gasteiger partial charge in [0.15, 0.2) is 11.2 Å². The van der Waals surface area contributed by atoms with Crippen molar-refractivity contribution in [1.29, 1.82) is 10.5 Å². The number of Topliss-reactive ketones (excluding diaryl/α,β-unsaturated/α-hetero) is 1. The summed E-state index contributed by atoms with van der Waals surface area (Å²) in [6.45, 7) is 0. The number of carbonyl (C=O) groups is 1. The summed E-state index contributed by atoms with van der Waals surface area (Å²) in [6.07, 6.45) is 3.81. The molecule has 34 heavy (non-hydrogen) atoms. The Labute approximate surface area is 203 Å². The molecule has 0 saturated carbocycles. The number of hydrogen-bond acceptors (Lipinski definition) is 5. The van der Waals surface area contributed by atoms with Gasteiger partial charge in [-0.15, -0.1) is 0 Å². The Morgan fingerprint density at radius 2 is 1.68 bits per heavy atom. The Bertz CT molecular complexity index is 1350. The van der Waals surface area contributed by atoms with Gasteiger partial charge in [0.2, 0.25) is 0 Å². The Hall–Kier alpha value is -4.06. The van der Waals surface area contributed by atoms with Crippen molar-refractivity contribution in [2.24, 2.45) is 5.41 Å². The lowest BCUT2D eigenvalue weighted by Gasteiger charge is -2.35. The molecule has 2 heterocycles. The molecule has 0 aromatic heterocycles. The molecule has 1 saturated heterocycles. The second-order valence-electron chi connectivity index (χ2n) is 8.43. The van der Waals surface area contributed by atoms with E-state index < -0.39 is 23.4 Å². The molecular weight excluding hydrogens is 446 g/mol. The van der Waals surface area contributed by atoms with Crippen molar-refractivity contribution in [3.63, 3.8) is 0 Å². The third-order valence-corrected chi connectivity index (χ3v) is 7.04. The van der Waals surface area contributed by atoms with Gasteiger partial charge in [0.25, 0.3) is 0 Å². The zero-order valence-electron chi connectivity index (χ0n) is 18.4. The Kier molecular flexibility index (Phi) is 5.36. The fraction of sp³-hybridized carbons (Fsp3) is 0.179. The maximum Gasteiger partial charge on any atom is 0.185 e. The first-order valence-corrected chi connectivity index (χ1v) is 11.2. The number of benzene rings is 3. The van der Waals surface area contributed by atoms with Crippen LogP contribution in [0.2, 0.25) is 5.02 Å². The highest BCUT2D eigenvalue weighted by molar-refractivity contribution is 6.30. The summed E-state index contributed by atoms with van der Waals surface area (Å²) in [5.74, 6) is -0.206. The maximum atomic E-state index is 14.1. The van der Waals surface area contributed by atoms with Gasteiger partial charge in [-0.2, -0.15) is 10.5 Å². The van der Waals surface area contributed by atoms with Crippen LogP contribution in [-0.2, 0) is 0 Å². The van der Waals surface area contributed by atoms with Crippen molar-refractivity contribution in [3.05, 3.63) is 101 Å². The van der Waals surface area contributed by atoms with Gasteiger partial charge in [0, 0.05) is 22.2 Å². The van der Waals surface area contributed by atoms with E-state index in [4.69, 9.17) is 16.3 Å². The molecule has 2 aliphatic rings. The molecule has 0 radical (unpaired) electrons. The molecule has 1 fully saturated rings. The number of carbonyl (C=O) groups excluding carboxylic acids is 1. The third-order valence-electron chi connectivity index (χ3n) is 6.79. The van der Waals surface area contributed by atoms with Crippen LogP contribution in [0.4, 0.5) is 5.69 Å². The largest absolute Gasteiger partial charge is 0.497 e. The van der Waals surface area contributed by atoms with Crippen LogP contribution in [0.15, 0.2) is 78.9 Å². The summed E-state index contributed by atoms with van der Waals surface area (Å²) in [5.41, 5.74) is 1.49. The van der Waals surface area contributed by atoms with Crippen LogP contribution < -0.4 is 9.64 Å². The average molecular weight is 466 g/mol. The molecule has 2 aliphatic heterocycles. The van der Waals surface area contributed by atoms with Crippen LogP contribution in [0, 0.1) is 28.1 Å². The van der Waals surface area contributed by atoms with E-state index in [1.165, 1.54) is 0 Å². The van der Waals surface area contributed by atoms with E-state index in [0.717, 1.165) is 16.8 Å². The fourth-order valence-electron chi connectivity index (χ4n) is 5.20. The minimum absolute atomic E-state index is 0.167. The second kappa shape index (κ2) is 8.37. The van der Waals surface area contributed by atoms with Crippen LogP contribution in [-0.4, -0.2) is 25.0 Å². The second-order valence-corrected chi connectivity index (χ2v) is 8.87. The number of ether oxygens (including phenoxy) is 1. The van der Waals surface area contributed by atoms with E-state index in [1.807, 2.05) is 53.5 Å². The van der Waals surface area contributed by atoms with Gasteiger partial charge in [0.1, 0.15) is 11.8 Å². The van der Waals surface area contributed by atoms with Crippen molar-refractivity contribution >= 4 is 29.1 Å². The highest BCUT2D eigenvalue weighted by Gasteiger charge is 2.63. The molecule has 0 N–H and O–H groups in total. The summed E-state index contributed by atoms with van der Waals surface area (Å²) in [4.78, 5) is 16.0. The molecule has 0 bridgehead atoms. The number of nitriles is 2. The monoisotopic (exact) mass is 465 g/mol. The van der Waals surface area contributed by atoms with Crippen molar-refractivity contribution in [3.8, 4) is 17.9 Å². The zero-order chi connectivity index (χ0) is 23.9. The highest BCUT2D eigenvalue weighted by atomic mass is 35.5. The molecule has 5 nitrogen and oxygen atoms in total. The Morgan fingerprint density at radius 3 is 2.32 bits per heavy atom. The molecule has 166 valence electrons. The minimum atomic E-state index is -1.48. The number of methoxy groups -OCH3 is 1. The summed E-state index contributed by atoms with van der Waals surface area (Å²) in [7, 11) is 1.58. The van der Waals surface area contributed by atoms with E-state index in [2.05, 4.69) is 12.1 Å². The number of nitrogens with zero attached hydrogens (tertiary/aromatic N) is 3. The molecule has 0 unspecified atom stereocenters. The number of ketones is 1. The SMILES string of the molecule is COc1ccc([C@H]2[C@@H](C(=O)c3ccc(Cl)cc3)N3c4ccccc4C=C[C@@H]3C2(C#N)C#N)cc1. The average Bonchev–Trinajstić information content (AvgIpc) is 3.19. The van der Waals surface area contributed by atoms with Gasteiger partial charge >= 0.3 is 0 Å². The molecule has 0 amide bonds. The van der Waals surface area contributed by atoms with Gasteiger partial charge in [-0.05, 0) is 53.6 Å². The van der Waals surface area contributed by atoms with Gasteiger partial charge in [-0.25, -0.2) is 0 Å². The third kappa shape index (κ3) is 3.17. The number of para-hydroxylation sites is 1. The smallest absolute Gasteiger partial charge is 0.185 e. The van der Waals surface area contributed by atoms with Crippen LogP contribution in [0.5, 0.6) is 5.75 Å². The number of halogens is 1. The van der Waals surface area contributed by atoms with Crippen molar-refractivity contribution in [2.45, 2.75) is 18.0 Å². The first kappa shape index (κ1) is 21.8. The minimum Gasteiger partial charge on any atom is -0.497 e. The van der Waals surface area contributed by atoms with E-state index in [-0.39, 0.29) is 5.78 Å². The van der Waals surface area contributed by atoms with Crippen molar-refractivity contribution in [2.75, 3.05) is 12.0 Å². The standard InChI is InChI=1S/C28H20ClN3O2/c1-34-22-13-8-19(9-14-22)25-26(27(33)20-6-11-21(29)12-7-20)32-23-5-3-2-4-18(23)10-15-24(32)28(25,16-30)17-31/h2-15,24-26H,1H3/t24-,25+,26+/m1/s1. The summed E-state index contributed by atoms with van der Waals surface area (Å²) < 4.78 is 5.30. The van der Waals surface area contributed by atoms with Crippen LogP contribution >= 0.6 is 11.6 Å². The van der Waals surface area contributed by atoms with Crippen LogP contribution in [0.3, 0.4) is 0 Å². The molecule has 0 spiro atoms. The van der Waals surface area contributed by atoms with Gasteiger partial charge in [0.05, 0.1) is 25.3 Å². The number of rotatable bonds is 4. The lowest BCUT2D eigenvalue weighted by molar-refractivity contribution is 0.0951. The zero-order valence-corrected chi connectivity index (χ0v) is 19.1. The number of hydrogen-bond donors (Lipinski definition) is 0. The molecule has 6 heteroatoms. The molecule has 5 rings (SSSR count). The lowest BCUT2D eigenvalue weighted by Crippen LogP contribution is -2.44. The van der Waals surface area contributed by atoms with E-state index in [0.29, 0.717) is 16.3 Å². The van der Waals surface area contributed by atoms with E-state index in [1.54, 1.807) is 43.5 Å². The van der Waals surface area contributed by atoms with Crippen LogP contribution in [0.1, 0.15) is 27.4 Å². The lowest BCUT2D eigenvalue weighted by atomic mass is 9.69. The van der Waals surface area contributed by atoms with Crippen molar-refractivity contribution in [1.82, 2.24) is 0 Å². The molecule has 3 aromatic carbocycles. The summed E-state index contributed by atoms with van der Waals surface area (Å²) >= 11 is 6.07. The highest BCUT2D eigenvalue weighted by Crippen LogP contribution is 2.55. The van der Waals surface area contributed by atoms with Gasteiger partial charge < -0.3 is 9.64 Å². The maximum absolute atomic E-state index is 14.1. The predicted molar refractivity (Wildman–Crippen MR) is 131 cm³/mol. The number of fused-ring (bicyclic) bond motifs is 3. The Morgan fingerprint density at radius 1 is 1.00 bits per heavy atom. The van der Waals surface area contributed by atoms with Crippen molar-refractivity contribution < 1.29 is 9.53 Å². The van der Waals surface area contributed by atoms with Gasteiger partial charge in [-0.1, -0.05) is 54.1 Å². The normalized spacial score (nSPS) is 21.6. The topological polar surface area (TPSA) is 77.1 Å². The summed E-state index contributed by atoms with van der Waals surface area (Å²) in [6, 6.07) is 25.0. The summed E-state index contributed by atoms with van der Waals surface area (Å²) in [5, 5.41) is 21.4. The van der Waals surface area contributed by atoms with Gasteiger partial charge in [-0.3, -0.25) is 4.79 Å². The fourth-order valence-corrected chi connectivity index (χ4v) is 5.33. The first-order valence-electron chi connectivity index (χ1n) is 10.9. The number of anilines is 1. The predicted octanol–water partition coefficient (Wildman–Crippen LogP) is 5.63. The first-order chi connectivity index (χ1) is 16.5. The van der Waals surface area contributed by atoms with Crippen LogP contribution in [0.25, 0.3) is 6.08 Å². The molecule has 3 aromatic rings. The molecule has 3 atom stereocenters. The van der Waals surface area contributed by atoms with E-state index in [9.17, 15) is 15.3 Å². The molecular formula is C28H20ClN3O2. The quantitative estimate of drug-likeness (QED) is 0.466. The Balaban J connectivity index is 1.76. The van der Waals surface area contributed by atoms with E-state index >= 15 is 0 Å².